The molecular weight excluding hydrogens is 260 g/mol. The van der Waals surface area contributed by atoms with Crippen molar-refractivity contribution in [1.29, 1.82) is 0 Å². The van der Waals surface area contributed by atoms with Gasteiger partial charge >= 0.3 is 0 Å². The average molecular weight is 292 g/mol. The molecule has 0 aromatic heterocycles. The maximum Gasteiger partial charge on any atom is 0.241 e. The molecule has 1 N–H and O–H groups in total. The highest BCUT2D eigenvalue weighted by atomic mass is 16.2. The summed E-state index contributed by atoms with van der Waals surface area (Å²) in [7, 11) is 0. The fourth-order valence-corrected chi connectivity index (χ4v) is 4.83. The molecule has 0 aromatic carbocycles. The van der Waals surface area contributed by atoms with Gasteiger partial charge in [0.15, 0.2) is 0 Å². The predicted octanol–water partition coefficient (Wildman–Crippen LogP) is 3.54. The van der Waals surface area contributed by atoms with E-state index in [0.717, 1.165) is 0 Å². The Morgan fingerprint density at radius 3 is 2.29 bits per heavy atom. The van der Waals surface area contributed by atoms with Crippen LogP contribution in [0.2, 0.25) is 0 Å². The van der Waals surface area contributed by atoms with E-state index in [-0.39, 0.29) is 6.04 Å². The van der Waals surface area contributed by atoms with Crippen molar-refractivity contribution in [2.24, 2.45) is 17.8 Å². The van der Waals surface area contributed by atoms with E-state index in [1.54, 1.807) is 0 Å². The Morgan fingerprint density at radius 2 is 1.67 bits per heavy atom. The molecule has 2 saturated carbocycles. The number of carbonyl (C=O) groups is 1. The van der Waals surface area contributed by atoms with Gasteiger partial charge in [-0.3, -0.25) is 10.1 Å². The molecule has 0 spiro atoms. The molecular formula is C18H32N2O. The minimum atomic E-state index is 0.0460. The summed E-state index contributed by atoms with van der Waals surface area (Å²) in [5.41, 5.74) is 0. The summed E-state index contributed by atoms with van der Waals surface area (Å²) in [5.74, 6) is 2.14. The zero-order chi connectivity index (χ0) is 15.0. The van der Waals surface area contributed by atoms with E-state index in [1.807, 2.05) is 0 Å². The van der Waals surface area contributed by atoms with Crippen molar-refractivity contribution in [2.45, 2.75) is 90.4 Å². The molecule has 1 aliphatic heterocycles. The molecule has 3 rings (SSSR count). The highest BCUT2D eigenvalue weighted by molar-refractivity contribution is 5.85. The van der Waals surface area contributed by atoms with Crippen molar-refractivity contribution in [3.8, 4) is 0 Å². The Labute approximate surface area is 129 Å². The lowest BCUT2D eigenvalue weighted by molar-refractivity contribution is -0.135. The molecule has 1 amide bonds. The summed E-state index contributed by atoms with van der Waals surface area (Å²) < 4.78 is 0. The maximum atomic E-state index is 13.0. The molecule has 2 aliphatic carbocycles. The van der Waals surface area contributed by atoms with Gasteiger partial charge < -0.3 is 4.90 Å². The number of nitrogens with zero attached hydrogens (tertiary/aromatic N) is 1. The largest absolute Gasteiger partial charge is 0.322 e. The number of amides is 1. The molecule has 3 nitrogen and oxygen atoms in total. The number of rotatable bonds is 3. The zero-order valence-electron chi connectivity index (χ0n) is 14.0. The third-order valence-electron chi connectivity index (χ3n) is 6.11. The van der Waals surface area contributed by atoms with Gasteiger partial charge in [-0.1, -0.05) is 46.5 Å². The topological polar surface area (TPSA) is 32.3 Å². The maximum absolute atomic E-state index is 13.0. The third-order valence-corrected chi connectivity index (χ3v) is 6.11. The van der Waals surface area contributed by atoms with Crippen LogP contribution >= 0.6 is 0 Å². The molecule has 1 heterocycles. The van der Waals surface area contributed by atoms with Crippen LogP contribution in [0.3, 0.4) is 0 Å². The Hall–Kier alpha value is -0.570. The van der Waals surface area contributed by atoms with Crippen LogP contribution in [0.1, 0.15) is 72.1 Å². The summed E-state index contributed by atoms with van der Waals surface area (Å²) in [4.78, 5) is 15.3. The van der Waals surface area contributed by atoms with Gasteiger partial charge in [0.2, 0.25) is 5.91 Å². The molecule has 21 heavy (non-hydrogen) atoms. The quantitative estimate of drug-likeness (QED) is 0.863. The minimum absolute atomic E-state index is 0.0460. The Balaban J connectivity index is 1.83. The molecule has 3 aliphatic rings. The van der Waals surface area contributed by atoms with E-state index in [2.05, 4.69) is 31.0 Å². The van der Waals surface area contributed by atoms with Gasteiger partial charge in [0.25, 0.3) is 0 Å². The first-order chi connectivity index (χ1) is 10.1. The Morgan fingerprint density at radius 1 is 1.05 bits per heavy atom. The molecule has 3 heteroatoms. The standard InChI is InChI=1S/C18H32N2O/c1-12(2)16-18(21)20(15-11-7-4-8-13(15)3)17(19-16)14-9-5-6-10-14/h12-17,19H,4-11H2,1-3H3. The molecule has 1 saturated heterocycles. The van der Waals surface area contributed by atoms with Gasteiger partial charge in [-0.25, -0.2) is 0 Å². The van der Waals surface area contributed by atoms with Crippen LogP contribution in [0.4, 0.5) is 0 Å². The number of hydrogen-bond donors (Lipinski definition) is 1. The van der Waals surface area contributed by atoms with Crippen LogP contribution in [0, 0.1) is 17.8 Å². The molecule has 120 valence electrons. The van der Waals surface area contributed by atoms with E-state index >= 15 is 0 Å². The van der Waals surface area contributed by atoms with E-state index < -0.39 is 0 Å². The molecule has 3 fully saturated rings. The third kappa shape index (κ3) is 2.86. The SMILES string of the molecule is CC(C)C1NC(C2CCCC2)N(C2CCCCC2C)C1=O. The van der Waals surface area contributed by atoms with Crippen molar-refractivity contribution >= 4 is 5.91 Å². The first kappa shape index (κ1) is 15.3. The highest BCUT2D eigenvalue weighted by Gasteiger charge is 2.48. The van der Waals surface area contributed by atoms with E-state index in [0.29, 0.717) is 35.9 Å². The normalized spacial score (nSPS) is 38.7. The molecule has 0 aromatic rings. The first-order valence-electron chi connectivity index (χ1n) is 9.18. The minimum Gasteiger partial charge on any atom is -0.322 e. The second-order valence-corrected chi connectivity index (χ2v) is 7.95. The number of nitrogens with one attached hydrogen (secondary N) is 1. The van der Waals surface area contributed by atoms with Gasteiger partial charge in [-0.2, -0.15) is 0 Å². The fourth-order valence-electron chi connectivity index (χ4n) is 4.83. The van der Waals surface area contributed by atoms with Gasteiger partial charge in [0.05, 0.1) is 12.2 Å². The van der Waals surface area contributed by atoms with Crippen LogP contribution in [-0.2, 0) is 4.79 Å². The van der Waals surface area contributed by atoms with Crippen LogP contribution in [-0.4, -0.2) is 29.1 Å². The summed E-state index contributed by atoms with van der Waals surface area (Å²) in [6.07, 6.45) is 10.7. The smallest absolute Gasteiger partial charge is 0.241 e. The second-order valence-electron chi connectivity index (χ2n) is 7.95. The molecule has 4 unspecified atom stereocenters. The van der Waals surface area contributed by atoms with Crippen molar-refractivity contribution in [2.75, 3.05) is 0 Å². The fraction of sp³-hybridized carbons (Fsp3) is 0.944. The molecule has 0 bridgehead atoms. The van der Waals surface area contributed by atoms with E-state index in [1.165, 1.54) is 51.4 Å². The van der Waals surface area contributed by atoms with Gasteiger partial charge in [-0.15, -0.1) is 0 Å². The van der Waals surface area contributed by atoms with Crippen LogP contribution in [0.25, 0.3) is 0 Å². The van der Waals surface area contributed by atoms with Crippen molar-refractivity contribution in [1.82, 2.24) is 10.2 Å². The second kappa shape index (κ2) is 6.28. The van der Waals surface area contributed by atoms with Crippen LogP contribution < -0.4 is 5.32 Å². The van der Waals surface area contributed by atoms with Crippen molar-refractivity contribution < 1.29 is 4.79 Å². The highest BCUT2D eigenvalue weighted by Crippen LogP contribution is 2.38. The van der Waals surface area contributed by atoms with Crippen molar-refractivity contribution in [3.63, 3.8) is 0 Å². The number of carbonyl (C=O) groups excluding carboxylic acids is 1. The zero-order valence-corrected chi connectivity index (χ0v) is 14.0. The van der Waals surface area contributed by atoms with Crippen molar-refractivity contribution in [3.05, 3.63) is 0 Å². The van der Waals surface area contributed by atoms with Crippen LogP contribution in [0.5, 0.6) is 0 Å². The predicted molar refractivity (Wildman–Crippen MR) is 85.8 cm³/mol. The monoisotopic (exact) mass is 292 g/mol. The molecule has 4 atom stereocenters. The average Bonchev–Trinajstić information content (AvgIpc) is 3.07. The Bertz CT molecular complexity index is 375. The number of hydrogen-bond acceptors (Lipinski definition) is 2. The first-order valence-corrected chi connectivity index (χ1v) is 9.18. The van der Waals surface area contributed by atoms with Crippen LogP contribution in [0.15, 0.2) is 0 Å². The van der Waals surface area contributed by atoms with Gasteiger partial charge in [0, 0.05) is 6.04 Å². The summed E-state index contributed by atoms with van der Waals surface area (Å²) in [6, 6.07) is 0.526. The van der Waals surface area contributed by atoms with E-state index in [4.69, 9.17) is 0 Å². The summed E-state index contributed by atoms with van der Waals surface area (Å²) in [6.45, 7) is 6.70. The van der Waals surface area contributed by atoms with E-state index in [9.17, 15) is 4.79 Å². The van der Waals surface area contributed by atoms with Gasteiger partial charge in [-0.05, 0) is 43.4 Å². The van der Waals surface area contributed by atoms with Gasteiger partial charge in [0.1, 0.15) is 0 Å². The Kier molecular flexibility index (Phi) is 4.58. The lowest BCUT2D eigenvalue weighted by atomic mass is 9.84. The summed E-state index contributed by atoms with van der Waals surface area (Å²) in [5, 5.41) is 3.73. The lowest BCUT2D eigenvalue weighted by Gasteiger charge is -2.41. The lowest BCUT2D eigenvalue weighted by Crippen LogP contribution is -2.51. The molecule has 0 radical (unpaired) electrons. The summed E-state index contributed by atoms with van der Waals surface area (Å²) >= 11 is 0.